The molecule has 1 N–H and O–H groups in total. The second kappa shape index (κ2) is 7.42. The number of nitrogens with one attached hydrogen (secondary N) is 1. The summed E-state index contributed by atoms with van der Waals surface area (Å²) in [6.45, 7) is 7.66. The van der Waals surface area contributed by atoms with Crippen molar-refractivity contribution in [3.8, 4) is 0 Å². The average Bonchev–Trinajstić information content (AvgIpc) is 2.92. The minimum atomic E-state index is -0.0673. The number of hydrogen-bond donors (Lipinski definition) is 1. The molecular weight excluding hydrogens is 258 g/mol. The smallest absolute Gasteiger partial charge is 0.0637 e. The maximum atomic E-state index is 5.62. The lowest BCUT2D eigenvalue weighted by Crippen LogP contribution is -2.39. The monoisotopic (exact) mass is 289 g/mol. The molecule has 1 aromatic carbocycles. The summed E-state index contributed by atoms with van der Waals surface area (Å²) in [5.74, 6) is 0. The van der Waals surface area contributed by atoms with Gasteiger partial charge in [-0.25, -0.2) is 0 Å². The molecule has 118 valence electrons. The molecule has 0 saturated heterocycles. The van der Waals surface area contributed by atoms with E-state index in [9.17, 15) is 0 Å². The van der Waals surface area contributed by atoms with E-state index < -0.39 is 0 Å². The number of ether oxygens (including phenoxy) is 1. The Kier molecular flexibility index (Phi) is 5.83. The first-order valence-corrected chi connectivity index (χ1v) is 8.43. The molecule has 2 rings (SSSR count). The lowest BCUT2D eigenvalue weighted by molar-refractivity contribution is 0.00714. The predicted octanol–water partition coefficient (Wildman–Crippen LogP) is 3.90. The van der Waals surface area contributed by atoms with Crippen LogP contribution >= 0.6 is 0 Å². The Labute approximate surface area is 130 Å². The molecule has 0 saturated carbocycles. The van der Waals surface area contributed by atoms with E-state index in [4.69, 9.17) is 4.74 Å². The van der Waals surface area contributed by atoms with Gasteiger partial charge in [-0.1, -0.05) is 25.1 Å². The summed E-state index contributed by atoms with van der Waals surface area (Å²) in [5, 5.41) is 3.70. The summed E-state index contributed by atoms with van der Waals surface area (Å²) in [6.07, 6.45) is 7.17. The highest BCUT2D eigenvalue weighted by molar-refractivity contribution is 5.35. The van der Waals surface area contributed by atoms with E-state index in [0.29, 0.717) is 6.04 Å². The maximum absolute atomic E-state index is 5.62. The molecule has 1 aliphatic carbocycles. The van der Waals surface area contributed by atoms with Gasteiger partial charge in [-0.05, 0) is 75.6 Å². The summed E-state index contributed by atoms with van der Waals surface area (Å²) in [7, 11) is 1.81. The Morgan fingerprint density at radius 1 is 1.24 bits per heavy atom. The normalized spacial score (nSPS) is 16.0. The highest BCUT2D eigenvalue weighted by Gasteiger charge is 2.23. The number of rotatable bonds is 8. The molecule has 0 heterocycles. The lowest BCUT2D eigenvalue weighted by atomic mass is 9.93. The molecule has 0 amide bonds. The first-order chi connectivity index (χ1) is 10.0. The van der Waals surface area contributed by atoms with Crippen molar-refractivity contribution in [3.63, 3.8) is 0 Å². The van der Waals surface area contributed by atoms with E-state index in [1.807, 2.05) is 7.11 Å². The van der Waals surface area contributed by atoms with Crippen molar-refractivity contribution in [2.24, 2.45) is 0 Å². The SMILES string of the molecule is CCCNC(Cc1ccc2c(c1)CCC2)CC(C)(C)OC. The molecule has 21 heavy (non-hydrogen) atoms. The largest absolute Gasteiger partial charge is 0.379 e. The summed E-state index contributed by atoms with van der Waals surface area (Å²) >= 11 is 0. The van der Waals surface area contributed by atoms with Crippen LogP contribution in [0.2, 0.25) is 0 Å². The summed E-state index contributed by atoms with van der Waals surface area (Å²) < 4.78 is 5.62. The van der Waals surface area contributed by atoms with Crippen LogP contribution in [-0.4, -0.2) is 25.3 Å². The van der Waals surface area contributed by atoms with E-state index in [2.05, 4.69) is 44.3 Å². The van der Waals surface area contributed by atoms with Gasteiger partial charge in [0, 0.05) is 13.2 Å². The molecule has 1 atom stereocenters. The minimum absolute atomic E-state index is 0.0673. The van der Waals surface area contributed by atoms with Crippen molar-refractivity contribution >= 4 is 0 Å². The number of fused-ring (bicyclic) bond motifs is 1. The zero-order valence-electron chi connectivity index (χ0n) is 14.2. The van der Waals surface area contributed by atoms with Crippen molar-refractivity contribution in [1.29, 1.82) is 0 Å². The molecule has 0 aliphatic heterocycles. The van der Waals surface area contributed by atoms with E-state index in [0.717, 1.165) is 19.4 Å². The second-order valence-electron chi connectivity index (χ2n) is 6.98. The fraction of sp³-hybridized carbons (Fsp3) is 0.684. The fourth-order valence-electron chi connectivity index (χ4n) is 3.28. The first kappa shape index (κ1) is 16.5. The summed E-state index contributed by atoms with van der Waals surface area (Å²) in [4.78, 5) is 0. The van der Waals surface area contributed by atoms with Gasteiger partial charge in [0.15, 0.2) is 0 Å². The average molecular weight is 289 g/mol. The van der Waals surface area contributed by atoms with Crippen LogP contribution in [0.4, 0.5) is 0 Å². The quantitative estimate of drug-likeness (QED) is 0.783. The lowest BCUT2D eigenvalue weighted by Gasteiger charge is -2.29. The summed E-state index contributed by atoms with van der Waals surface area (Å²) in [6, 6.07) is 7.59. The van der Waals surface area contributed by atoms with Gasteiger partial charge in [0.25, 0.3) is 0 Å². The Balaban J connectivity index is 2.03. The molecule has 0 aromatic heterocycles. The van der Waals surface area contributed by atoms with Gasteiger partial charge in [0.05, 0.1) is 5.60 Å². The topological polar surface area (TPSA) is 21.3 Å². The number of benzene rings is 1. The molecule has 0 radical (unpaired) electrons. The molecule has 2 heteroatoms. The Morgan fingerprint density at radius 2 is 2.00 bits per heavy atom. The Morgan fingerprint density at radius 3 is 2.71 bits per heavy atom. The third kappa shape index (κ3) is 4.82. The van der Waals surface area contributed by atoms with Crippen molar-refractivity contribution in [2.75, 3.05) is 13.7 Å². The van der Waals surface area contributed by atoms with E-state index in [1.165, 1.54) is 31.2 Å². The second-order valence-corrected chi connectivity index (χ2v) is 6.98. The highest BCUT2D eigenvalue weighted by Crippen LogP contribution is 2.24. The van der Waals surface area contributed by atoms with Gasteiger partial charge in [-0.15, -0.1) is 0 Å². The van der Waals surface area contributed by atoms with Crippen molar-refractivity contribution in [2.45, 2.75) is 70.9 Å². The van der Waals surface area contributed by atoms with Gasteiger partial charge in [-0.2, -0.15) is 0 Å². The third-order valence-corrected chi connectivity index (χ3v) is 4.62. The Hall–Kier alpha value is -0.860. The zero-order valence-corrected chi connectivity index (χ0v) is 14.2. The van der Waals surface area contributed by atoms with Crippen molar-refractivity contribution in [3.05, 3.63) is 34.9 Å². The molecule has 1 unspecified atom stereocenters. The van der Waals surface area contributed by atoms with Crippen LogP contribution in [0.1, 0.15) is 56.7 Å². The molecular formula is C19H31NO. The number of hydrogen-bond acceptors (Lipinski definition) is 2. The third-order valence-electron chi connectivity index (χ3n) is 4.62. The molecule has 0 spiro atoms. The molecule has 0 fully saturated rings. The maximum Gasteiger partial charge on any atom is 0.0637 e. The molecule has 2 nitrogen and oxygen atoms in total. The van der Waals surface area contributed by atoms with E-state index in [1.54, 1.807) is 11.1 Å². The Bertz CT molecular complexity index is 453. The van der Waals surface area contributed by atoms with Crippen LogP contribution in [0.15, 0.2) is 18.2 Å². The van der Waals surface area contributed by atoms with Gasteiger partial charge in [0.2, 0.25) is 0 Å². The van der Waals surface area contributed by atoms with Crippen LogP contribution in [0, 0.1) is 0 Å². The first-order valence-electron chi connectivity index (χ1n) is 8.43. The van der Waals surface area contributed by atoms with E-state index in [-0.39, 0.29) is 5.60 Å². The van der Waals surface area contributed by atoms with Crippen LogP contribution in [0.3, 0.4) is 0 Å². The van der Waals surface area contributed by atoms with Crippen LogP contribution in [0.5, 0.6) is 0 Å². The molecule has 1 aromatic rings. The van der Waals surface area contributed by atoms with Crippen LogP contribution < -0.4 is 5.32 Å². The fourth-order valence-corrected chi connectivity index (χ4v) is 3.28. The van der Waals surface area contributed by atoms with Gasteiger partial charge < -0.3 is 10.1 Å². The van der Waals surface area contributed by atoms with Crippen molar-refractivity contribution in [1.82, 2.24) is 5.32 Å². The van der Waals surface area contributed by atoms with Crippen LogP contribution in [0.25, 0.3) is 0 Å². The van der Waals surface area contributed by atoms with Crippen LogP contribution in [-0.2, 0) is 24.0 Å². The predicted molar refractivity (Wildman–Crippen MR) is 90.0 cm³/mol. The summed E-state index contributed by atoms with van der Waals surface area (Å²) in [5.41, 5.74) is 4.54. The zero-order chi connectivity index (χ0) is 15.3. The van der Waals surface area contributed by atoms with Gasteiger partial charge >= 0.3 is 0 Å². The van der Waals surface area contributed by atoms with E-state index >= 15 is 0 Å². The van der Waals surface area contributed by atoms with Crippen molar-refractivity contribution < 1.29 is 4.74 Å². The molecule has 0 bridgehead atoms. The minimum Gasteiger partial charge on any atom is -0.379 e. The van der Waals surface area contributed by atoms with Gasteiger partial charge in [0.1, 0.15) is 0 Å². The number of methoxy groups -OCH3 is 1. The number of aryl methyl sites for hydroxylation is 2. The van der Waals surface area contributed by atoms with Gasteiger partial charge in [-0.3, -0.25) is 0 Å². The molecule has 1 aliphatic rings. The highest BCUT2D eigenvalue weighted by atomic mass is 16.5. The standard InChI is InChI=1S/C19H31NO/c1-5-11-20-18(14-19(2,3)21-4)13-15-9-10-16-7-6-8-17(16)12-15/h9-10,12,18,20H,5-8,11,13-14H2,1-4H3.